The van der Waals surface area contributed by atoms with Crippen LogP contribution < -0.4 is 14.8 Å². The number of nitrogens with zero attached hydrogens (tertiary/aromatic N) is 2. The lowest BCUT2D eigenvalue weighted by atomic mass is 10.0. The van der Waals surface area contributed by atoms with Crippen LogP contribution in [0.2, 0.25) is 0 Å². The number of ether oxygens (including phenoxy) is 2. The van der Waals surface area contributed by atoms with Crippen LogP contribution in [0.4, 0.5) is 0 Å². The van der Waals surface area contributed by atoms with Crippen LogP contribution in [0.25, 0.3) is 22.8 Å². The van der Waals surface area contributed by atoms with Gasteiger partial charge in [0.05, 0.1) is 19.8 Å². The Labute approximate surface area is 170 Å². The molecule has 0 aliphatic heterocycles. The summed E-state index contributed by atoms with van der Waals surface area (Å²) < 4.78 is 16.8. The van der Waals surface area contributed by atoms with Crippen molar-refractivity contribution in [1.29, 1.82) is 0 Å². The van der Waals surface area contributed by atoms with Gasteiger partial charge in [0.2, 0.25) is 5.82 Å². The van der Waals surface area contributed by atoms with E-state index < -0.39 is 0 Å². The number of nitrogens with one attached hydrogen (secondary N) is 1. The number of hydrogen-bond acceptors (Lipinski definition) is 7. The second kappa shape index (κ2) is 10.0. The molecule has 0 fully saturated rings. The molecule has 0 amide bonds. The van der Waals surface area contributed by atoms with Crippen LogP contribution in [0, 0.1) is 6.92 Å². The Bertz CT molecular complexity index is 940. The average molecular weight is 397 g/mol. The molecule has 0 bridgehead atoms. The SMILES string of the molecule is CCOc1ccc(-c2nc(-c3cccc(CNCCO)c3C)no2)cc1OCC. The molecule has 29 heavy (non-hydrogen) atoms. The third-order valence-electron chi connectivity index (χ3n) is 4.51. The molecule has 1 heterocycles. The van der Waals surface area contributed by atoms with E-state index in [1.807, 2.05) is 57.2 Å². The average Bonchev–Trinajstić information content (AvgIpc) is 3.21. The molecule has 0 saturated carbocycles. The number of rotatable bonds is 10. The van der Waals surface area contributed by atoms with Gasteiger partial charge in [-0.3, -0.25) is 0 Å². The highest BCUT2D eigenvalue weighted by Crippen LogP contribution is 2.33. The third kappa shape index (κ3) is 4.93. The first-order chi connectivity index (χ1) is 14.2. The molecule has 0 radical (unpaired) electrons. The lowest BCUT2D eigenvalue weighted by Crippen LogP contribution is -2.18. The van der Waals surface area contributed by atoms with Crippen molar-refractivity contribution in [2.75, 3.05) is 26.4 Å². The van der Waals surface area contributed by atoms with E-state index in [-0.39, 0.29) is 6.61 Å². The first kappa shape index (κ1) is 20.8. The van der Waals surface area contributed by atoms with Crippen molar-refractivity contribution >= 4 is 0 Å². The van der Waals surface area contributed by atoms with Gasteiger partial charge in [-0.25, -0.2) is 0 Å². The maximum Gasteiger partial charge on any atom is 0.258 e. The number of aromatic nitrogens is 2. The highest BCUT2D eigenvalue weighted by molar-refractivity contribution is 5.65. The molecule has 3 aromatic rings. The molecule has 1 aromatic heterocycles. The predicted octanol–water partition coefficient (Wildman–Crippen LogP) is 3.59. The Morgan fingerprint density at radius 2 is 1.86 bits per heavy atom. The first-order valence-electron chi connectivity index (χ1n) is 9.82. The molecule has 0 saturated heterocycles. The largest absolute Gasteiger partial charge is 0.490 e. The van der Waals surface area contributed by atoms with E-state index in [9.17, 15) is 0 Å². The molecular formula is C22H27N3O4. The lowest BCUT2D eigenvalue weighted by Gasteiger charge is -2.11. The fraction of sp³-hybridized carbons (Fsp3) is 0.364. The Morgan fingerprint density at radius 1 is 1.07 bits per heavy atom. The van der Waals surface area contributed by atoms with Crippen molar-refractivity contribution in [2.45, 2.75) is 27.3 Å². The Morgan fingerprint density at radius 3 is 2.62 bits per heavy atom. The van der Waals surface area contributed by atoms with Crippen LogP contribution in [0.5, 0.6) is 11.5 Å². The minimum absolute atomic E-state index is 0.110. The highest BCUT2D eigenvalue weighted by atomic mass is 16.5. The van der Waals surface area contributed by atoms with Gasteiger partial charge in [0.25, 0.3) is 5.89 Å². The summed E-state index contributed by atoms with van der Waals surface area (Å²) in [6, 6.07) is 11.6. The van der Waals surface area contributed by atoms with Gasteiger partial charge in [0.15, 0.2) is 11.5 Å². The fourth-order valence-corrected chi connectivity index (χ4v) is 3.05. The minimum Gasteiger partial charge on any atom is -0.490 e. The standard InChI is InChI=1S/C22H27N3O4/c1-4-27-19-10-9-16(13-20(19)28-5-2)22-24-21(25-29-22)18-8-6-7-17(15(18)3)14-23-11-12-26/h6-10,13,23,26H,4-5,11-12,14H2,1-3H3. The van der Waals surface area contributed by atoms with Crippen molar-refractivity contribution in [2.24, 2.45) is 0 Å². The summed E-state index contributed by atoms with van der Waals surface area (Å²) in [5, 5.41) is 16.3. The zero-order chi connectivity index (χ0) is 20.6. The van der Waals surface area contributed by atoms with E-state index in [4.69, 9.17) is 19.1 Å². The van der Waals surface area contributed by atoms with Gasteiger partial charge in [-0.05, 0) is 50.1 Å². The molecule has 7 heteroatoms. The Kier molecular flexibility index (Phi) is 7.21. The molecular weight excluding hydrogens is 370 g/mol. The highest BCUT2D eigenvalue weighted by Gasteiger charge is 2.16. The molecule has 0 spiro atoms. The zero-order valence-electron chi connectivity index (χ0n) is 17.1. The van der Waals surface area contributed by atoms with Crippen LogP contribution in [0.1, 0.15) is 25.0 Å². The number of aliphatic hydroxyl groups is 1. The quantitative estimate of drug-likeness (QED) is 0.505. The molecule has 0 aliphatic carbocycles. The second-order valence-corrected chi connectivity index (χ2v) is 6.44. The minimum atomic E-state index is 0.110. The van der Waals surface area contributed by atoms with E-state index >= 15 is 0 Å². The van der Waals surface area contributed by atoms with Gasteiger partial charge in [-0.2, -0.15) is 4.98 Å². The molecule has 3 rings (SSSR count). The van der Waals surface area contributed by atoms with Gasteiger partial charge in [-0.15, -0.1) is 0 Å². The van der Waals surface area contributed by atoms with Crippen LogP contribution in [-0.2, 0) is 6.54 Å². The Hall–Kier alpha value is -2.90. The number of hydrogen-bond donors (Lipinski definition) is 2. The predicted molar refractivity (Wildman–Crippen MR) is 111 cm³/mol. The van der Waals surface area contributed by atoms with E-state index in [0.717, 1.165) is 22.3 Å². The number of aliphatic hydroxyl groups excluding tert-OH is 1. The molecule has 2 aromatic carbocycles. The summed E-state index contributed by atoms with van der Waals surface area (Å²) in [5.41, 5.74) is 3.89. The molecule has 0 aliphatic rings. The zero-order valence-corrected chi connectivity index (χ0v) is 17.1. The van der Waals surface area contributed by atoms with Gasteiger partial charge in [-0.1, -0.05) is 23.4 Å². The maximum atomic E-state index is 8.95. The number of benzene rings is 2. The Balaban J connectivity index is 1.88. The molecule has 0 atom stereocenters. The van der Waals surface area contributed by atoms with Gasteiger partial charge in [0.1, 0.15) is 0 Å². The van der Waals surface area contributed by atoms with Crippen molar-refractivity contribution in [3.05, 3.63) is 47.5 Å². The molecule has 7 nitrogen and oxygen atoms in total. The monoisotopic (exact) mass is 397 g/mol. The van der Waals surface area contributed by atoms with Crippen molar-refractivity contribution in [3.63, 3.8) is 0 Å². The summed E-state index contributed by atoms with van der Waals surface area (Å²) in [6.45, 7) is 8.32. The fourth-order valence-electron chi connectivity index (χ4n) is 3.05. The van der Waals surface area contributed by atoms with Crippen LogP contribution in [0.15, 0.2) is 40.9 Å². The van der Waals surface area contributed by atoms with E-state index in [2.05, 4.69) is 15.5 Å². The van der Waals surface area contributed by atoms with Gasteiger partial charge < -0.3 is 24.4 Å². The summed E-state index contributed by atoms with van der Waals surface area (Å²) in [7, 11) is 0. The second-order valence-electron chi connectivity index (χ2n) is 6.44. The smallest absolute Gasteiger partial charge is 0.258 e. The van der Waals surface area contributed by atoms with Crippen molar-refractivity contribution in [1.82, 2.24) is 15.5 Å². The lowest BCUT2D eigenvalue weighted by molar-refractivity contribution is 0.288. The van der Waals surface area contributed by atoms with Crippen molar-refractivity contribution < 1.29 is 19.1 Å². The topological polar surface area (TPSA) is 89.6 Å². The normalized spacial score (nSPS) is 10.9. The summed E-state index contributed by atoms with van der Waals surface area (Å²) >= 11 is 0. The van der Waals surface area contributed by atoms with E-state index in [1.54, 1.807) is 0 Å². The van der Waals surface area contributed by atoms with Crippen LogP contribution in [-0.4, -0.2) is 41.6 Å². The van der Waals surface area contributed by atoms with Gasteiger partial charge >= 0.3 is 0 Å². The van der Waals surface area contributed by atoms with Crippen molar-refractivity contribution in [3.8, 4) is 34.3 Å². The van der Waals surface area contributed by atoms with E-state index in [0.29, 0.717) is 49.5 Å². The first-order valence-corrected chi connectivity index (χ1v) is 9.82. The van der Waals surface area contributed by atoms with E-state index in [1.165, 1.54) is 0 Å². The van der Waals surface area contributed by atoms with Crippen LogP contribution >= 0.6 is 0 Å². The summed E-state index contributed by atoms with van der Waals surface area (Å²) in [5.74, 6) is 2.30. The maximum absolute atomic E-state index is 8.95. The third-order valence-corrected chi connectivity index (χ3v) is 4.51. The van der Waals surface area contributed by atoms with Gasteiger partial charge in [0, 0.05) is 24.2 Å². The molecule has 154 valence electrons. The molecule has 0 unspecified atom stereocenters. The summed E-state index contributed by atoms with van der Waals surface area (Å²) in [4.78, 5) is 4.59. The summed E-state index contributed by atoms with van der Waals surface area (Å²) in [6.07, 6.45) is 0. The molecule has 2 N–H and O–H groups in total. The van der Waals surface area contributed by atoms with Crippen LogP contribution in [0.3, 0.4) is 0 Å².